The Morgan fingerprint density at radius 1 is 0.311 bits per heavy atom. The normalized spacial score (nSPS) is 10.9. The number of nitrogens with zero attached hydrogens (tertiary/aromatic N) is 2. The van der Waals surface area contributed by atoms with E-state index in [9.17, 15) is 33.6 Å². The zero-order valence-electron chi connectivity index (χ0n) is 59.5. The van der Waals surface area contributed by atoms with Gasteiger partial charge in [-0.1, -0.05) is 38.4 Å². The molecule has 0 bridgehead atoms. The van der Waals surface area contributed by atoms with Crippen LogP contribution in [0.5, 0.6) is 46.0 Å². The van der Waals surface area contributed by atoms with Gasteiger partial charge in [0.2, 0.25) is 0 Å². The minimum atomic E-state index is -0.703. The third-order valence-electron chi connectivity index (χ3n) is 15.7. The smallest absolute Gasteiger partial charge is 0.343 e. The molecule has 0 aliphatic heterocycles. The number of carbonyl (C=O) groups is 7. The van der Waals surface area contributed by atoms with E-state index in [1.54, 1.807) is 121 Å². The Bertz CT molecular complexity index is 4000. The van der Waals surface area contributed by atoms with E-state index in [0.29, 0.717) is 104 Å². The summed E-state index contributed by atoms with van der Waals surface area (Å²) in [5.41, 5.74) is 3.29. The van der Waals surface area contributed by atoms with E-state index >= 15 is 0 Å². The zero-order valence-corrected chi connectivity index (χ0v) is 59.5. The molecule has 0 heterocycles. The molecule has 22 nitrogen and oxygen atoms in total. The Morgan fingerprint density at radius 3 is 0.981 bits per heavy atom. The Morgan fingerprint density at radius 2 is 0.613 bits per heavy atom. The van der Waals surface area contributed by atoms with E-state index < -0.39 is 41.8 Å². The average molecular weight is 1450 g/mol. The fraction of sp³-hybridized carbons (Fsp3) is 0.298. The minimum Gasteiger partial charge on any atom is -0.494 e. The average Bonchev–Trinajstić information content (AvgIpc) is 0.828. The quantitative estimate of drug-likeness (QED) is 0.00501. The largest absolute Gasteiger partial charge is 0.494 e. The number of rotatable bonds is 50. The lowest BCUT2D eigenvalue weighted by atomic mass is 10.0. The molecule has 7 aromatic carbocycles. The Labute approximate surface area is 618 Å². The summed E-state index contributed by atoms with van der Waals surface area (Å²) in [6.45, 7) is 17.0. The van der Waals surface area contributed by atoms with Gasteiger partial charge in [-0.2, -0.15) is 9.99 Å². The second-order valence-corrected chi connectivity index (χ2v) is 23.7. The van der Waals surface area contributed by atoms with Crippen molar-refractivity contribution in [2.24, 2.45) is 10.2 Å². The van der Waals surface area contributed by atoms with E-state index in [-0.39, 0.29) is 40.5 Å². The number of carbonyl (C=O) groups excluding carboxylic acids is 7. The maximum Gasteiger partial charge on any atom is 0.343 e. The maximum atomic E-state index is 13.9. The van der Waals surface area contributed by atoms with Crippen LogP contribution in [0.25, 0.3) is 0 Å². The van der Waals surface area contributed by atoms with Gasteiger partial charge in [-0.15, -0.1) is 5.10 Å². The molecule has 7 rings (SSSR count). The molecule has 0 saturated heterocycles. The van der Waals surface area contributed by atoms with Crippen molar-refractivity contribution >= 4 is 53.7 Å². The van der Waals surface area contributed by atoms with E-state index in [0.717, 1.165) is 133 Å². The van der Waals surface area contributed by atoms with E-state index in [4.69, 9.17) is 67.0 Å². The highest BCUT2D eigenvalue weighted by atomic mass is 17.2. The first kappa shape index (κ1) is 81.4. The molecular formula is C84H90N2O20. The third kappa shape index (κ3) is 31.0. The van der Waals surface area contributed by atoms with Crippen molar-refractivity contribution in [3.63, 3.8) is 0 Å². The number of unbranched alkanes of at least 4 members (excludes halogenated alkanes) is 12. The molecule has 0 unspecified atom stereocenters. The van der Waals surface area contributed by atoms with E-state index in [1.807, 2.05) is 24.3 Å². The highest BCUT2D eigenvalue weighted by molar-refractivity contribution is 6.13. The molecular weight excluding hydrogens is 1360 g/mol. The Balaban J connectivity index is 1.06. The van der Waals surface area contributed by atoms with Crippen molar-refractivity contribution in [2.75, 3.05) is 52.9 Å². The van der Waals surface area contributed by atoms with Crippen LogP contribution in [0.3, 0.4) is 0 Å². The number of benzene rings is 7. The van der Waals surface area contributed by atoms with Gasteiger partial charge >= 0.3 is 41.8 Å². The van der Waals surface area contributed by atoms with E-state index in [2.05, 4.69) is 31.4 Å². The van der Waals surface area contributed by atoms with Gasteiger partial charge in [0.25, 0.3) is 0 Å². The molecule has 556 valence electrons. The van der Waals surface area contributed by atoms with Crippen LogP contribution < -0.4 is 38.0 Å². The van der Waals surface area contributed by atoms with Crippen LogP contribution in [0.4, 0.5) is 0 Å². The van der Waals surface area contributed by atoms with Crippen LogP contribution in [0.2, 0.25) is 0 Å². The summed E-state index contributed by atoms with van der Waals surface area (Å²) in [5, 5.41) is 9.26. The van der Waals surface area contributed by atoms with Crippen molar-refractivity contribution in [3.8, 4) is 46.0 Å². The summed E-state index contributed by atoms with van der Waals surface area (Å²) in [5.74, 6) is -0.518. The molecule has 0 spiro atoms. The lowest BCUT2D eigenvalue weighted by Gasteiger charge is -2.11. The van der Waals surface area contributed by atoms with Crippen LogP contribution in [-0.4, -0.2) is 107 Å². The van der Waals surface area contributed by atoms with Crippen LogP contribution in [0, 0.1) is 0 Å². The first-order valence-electron chi connectivity index (χ1n) is 35.3. The van der Waals surface area contributed by atoms with Gasteiger partial charge in [-0.3, -0.25) is 0 Å². The standard InChI is InChI=1S/C84H90N2O20/c1-5-77(87)98-55-21-13-9-17-51-94-69-37-25-62(26-38-69)61-102-106-74-47-29-64(30-48-74)81(63-27-45-73(46-28-63)103-82(91)65-31-39-70(40-32-65)95-52-18-10-14-22-56-99-78(88)6-2)86-85-60-68-59-75(104-83(92)66-33-41-71(42-34-66)96-53-19-11-15-23-57-100-79(89)7-3)49-50-76(68)105-84(93)67-35-43-72(44-36-67)97-54-20-12-16-24-58-101-80(90)8-4/h5-8,25-50,59-60H,1-4,9-24,51-58,61H2. The predicted octanol–water partition coefficient (Wildman–Crippen LogP) is 16.4. The number of hydrogen-bond donors (Lipinski definition) is 0. The summed E-state index contributed by atoms with van der Waals surface area (Å²) >= 11 is 0. The van der Waals surface area contributed by atoms with Gasteiger partial charge in [0.1, 0.15) is 52.6 Å². The number of ether oxygens (including phenoxy) is 11. The van der Waals surface area contributed by atoms with Gasteiger partial charge in [0, 0.05) is 41.0 Å². The summed E-state index contributed by atoms with van der Waals surface area (Å²) in [4.78, 5) is 97.5. The fourth-order valence-electron chi connectivity index (χ4n) is 9.88. The van der Waals surface area contributed by atoms with Gasteiger partial charge in [0.15, 0.2) is 5.75 Å². The molecule has 0 N–H and O–H groups in total. The molecule has 106 heavy (non-hydrogen) atoms. The van der Waals surface area contributed by atoms with Gasteiger partial charge in [0.05, 0.1) is 75.8 Å². The highest BCUT2D eigenvalue weighted by Gasteiger charge is 2.18. The second kappa shape index (κ2) is 47.4. The van der Waals surface area contributed by atoms with Crippen LogP contribution in [0.15, 0.2) is 225 Å². The highest BCUT2D eigenvalue weighted by Crippen LogP contribution is 2.28. The van der Waals surface area contributed by atoms with Crippen molar-refractivity contribution in [3.05, 3.63) is 253 Å². The molecule has 0 aromatic heterocycles. The first-order chi connectivity index (χ1) is 51.8. The molecule has 0 aliphatic rings. The van der Waals surface area contributed by atoms with Crippen LogP contribution >= 0.6 is 0 Å². The van der Waals surface area contributed by atoms with Crippen LogP contribution in [0.1, 0.15) is 156 Å². The molecule has 0 saturated carbocycles. The molecule has 0 atom stereocenters. The van der Waals surface area contributed by atoms with Crippen LogP contribution in [-0.2, 0) is 49.6 Å². The lowest BCUT2D eigenvalue weighted by molar-refractivity contribution is -0.217. The third-order valence-corrected chi connectivity index (χ3v) is 15.7. The minimum absolute atomic E-state index is 0.0564. The number of esters is 7. The Hall–Kier alpha value is -11.9. The summed E-state index contributed by atoms with van der Waals surface area (Å²) in [6.07, 6.45) is 19.1. The van der Waals surface area contributed by atoms with Gasteiger partial charge in [-0.05, 0) is 260 Å². The first-order valence-corrected chi connectivity index (χ1v) is 35.3. The SMILES string of the molecule is C=CC(=O)OCCCCCCOc1ccc(COOc2ccc(C(=NN=Cc3cc(OC(=O)c4ccc(OCCCCCCOC(=O)C=C)cc4)ccc3OC(=O)c3ccc(OCCCCCCOC(=O)C=C)cc3)c3ccc(OC(=O)c4ccc(OCCCCCCOC(=O)C=C)cc4)cc3)cc2)cc1. The molecule has 22 heteroatoms. The second-order valence-electron chi connectivity index (χ2n) is 23.7. The molecule has 0 amide bonds. The predicted molar refractivity (Wildman–Crippen MR) is 399 cm³/mol. The molecule has 0 radical (unpaired) electrons. The van der Waals surface area contributed by atoms with Crippen molar-refractivity contribution in [1.29, 1.82) is 0 Å². The fourth-order valence-corrected chi connectivity index (χ4v) is 9.88. The summed E-state index contributed by atoms with van der Waals surface area (Å²) in [7, 11) is 0. The van der Waals surface area contributed by atoms with Crippen molar-refractivity contribution in [1.82, 2.24) is 0 Å². The number of hydrogen-bond acceptors (Lipinski definition) is 22. The maximum absolute atomic E-state index is 13.9. The topological polar surface area (TPSA) is 264 Å². The summed E-state index contributed by atoms with van der Waals surface area (Å²) < 4.78 is 61.4. The molecule has 0 aliphatic carbocycles. The summed E-state index contributed by atoms with van der Waals surface area (Å²) in [6, 6.07) is 45.2. The lowest BCUT2D eigenvalue weighted by Crippen LogP contribution is -2.11. The van der Waals surface area contributed by atoms with Gasteiger partial charge < -0.3 is 57.0 Å². The monoisotopic (exact) mass is 1450 g/mol. The van der Waals surface area contributed by atoms with Crippen molar-refractivity contribution in [2.45, 2.75) is 109 Å². The molecule has 7 aromatic rings. The van der Waals surface area contributed by atoms with E-state index in [1.165, 1.54) is 24.4 Å². The van der Waals surface area contributed by atoms with Gasteiger partial charge in [-0.25, -0.2) is 33.6 Å². The van der Waals surface area contributed by atoms with Crippen molar-refractivity contribution < 1.29 is 95.4 Å². The Kier molecular flexibility index (Phi) is 36.4. The zero-order chi connectivity index (χ0) is 75.2. The molecule has 0 fully saturated rings.